The summed E-state index contributed by atoms with van der Waals surface area (Å²) in [6.45, 7) is 0. The van der Waals surface area contributed by atoms with E-state index in [1.807, 2.05) is 0 Å². The highest BCUT2D eigenvalue weighted by Crippen LogP contribution is 2.11. The van der Waals surface area contributed by atoms with Crippen molar-refractivity contribution in [1.82, 2.24) is 0 Å². The van der Waals surface area contributed by atoms with Gasteiger partial charge in [0.2, 0.25) is 0 Å². The highest BCUT2D eigenvalue weighted by molar-refractivity contribution is 6.09. The molecule has 0 heterocycles. The zero-order valence-electron chi connectivity index (χ0n) is 8.45. The van der Waals surface area contributed by atoms with E-state index in [0.29, 0.717) is 5.71 Å². The Kier molecular flexibility index (Phi) is 3.62. The molecule has 1 rings (SSSR count). The largest absolute Gasteiger partial charge is 0.497 e. The summed E-state index contributed by atoms with van der Waals surface area (Å²) in [5.41, 5.74) is 6.21. The lowest BCUT2D eigenvalue weighted by molar-refractivity contribution is 0.415. The van der Waals surface area contributed by atoms with E-state index in [9.17, 15) is 0 Å². The second-order valence-electron chi connectivity index (χ2n) is 2.93. The number of amidine groups is 1. The summed E-state index contributed by atoms with van der Waals surface area (Å²) in [7, 11) is 1.59. The molecular formula is C11H13N3O. The van der Waals surface area contributed by atoms with Crippen LogP contribution >= 0.6 is 0 Å². The third kappa shape index (κ3) is 3.27. The molecule has 0 saturated carbocycles. The molecule has 4 nitrogen and oxygen atoms in total. The molecule has 0 aliphatic carbocycles. The highest BCUT2D eigenvalue weighted by atomic mass is 16.5. The molecule has 0 radical (unpaired) electrons. The fourth-order valence-corrected chi connectivity index (χ4v) is 1.04. The van der Waals surface area contributed by atoms with Crippen LogP contribution in [-0.2, 0) is 0 Å². The first-order valence-corrected chi connectivity index (χ1v) is 4.38. The van der Waals surface area contributed by atoms with Crippen LogP contribution in [0.25, 0.3) is 0 Å². The van der Waals surface area contributed by atoms with Gasteiger partial charge in [-0.25, -0.2) is 0 Å². The zero-order chi connectivity index (χ0) is 11.3. The quantitative estimate of drug-likeness (QED) is 0.512. The van der Waals surface area contributed by atoms with Crippen LogP contribution < -0.4 is 10.5 Å². The van der Waals surface area contributed by atoms with Crippen molar-refractivity contribution in [3.8, 4) is 5.75 Å². The van der Waals surface area contributed by atoms with Crippen molar-refractivity contribution in [1.29, 1.82) is 10.8 Å². The zero-order valence-corrected chi connectivity index (χ0v) is 8.45. The van der Waals surface area contributed by atoms with Gasteiger partial charge in [-0.05, 0) is 42.0 Å². The Morgan fingerprint density at radius 3 is 2.27 bits per heavy atom. The van der Waals surface area contributed by atoms with Crippen LogP contribution in [0.2, 0.25) is 0 Å². The molecule has 0 fully saturated rings. The molecule has 0 aliphatic rings. The SMILES string of the molecule is COc1ccc(C(=N)/C=C\C(=N)N)cc1. The molecule has 4 heteroatoms. The van der Waals surface area contributed by atoms with Crippen LogP contribution in [0.15, 0.2) is 36.4 Å². The highest BCUT2D eigenvalue weighted by Gasteiger charge is 1.97. The first-order valence-electron chi connectivity index (χ1n) is 4.38. The van der Waals surface area contributed by atoms with Gasteiger partial charge in [-0.15, -0.1) is 0 Å². The van der Waals surface area contributed by atoms with Gasteiger partial charge in [-0.2, -0.15) is 0 Å². The van der Waals surface area contributed by atoms with Crippen molar-refractivity contribution in [2.45, 2.75) is 0 Å². The molecule has 0 atom stereocenters. The number of nitrogens with one attached hydrogen (secondary N) is 2. The van der Waals surface area contributed by atoms with Crippen molar-refractivity contribution < 1.29 is 4.74 Å². The van der Waals surface area contributed by atoms with Gasteiger partial charge < -0.3 is 15.9 Å². The number of hydrogen-bond donors (Lipinski definition) is 3. The Morgan fingerprint density at radius 1 is 1.20 bits per heavy atom. The minimum atomic E-state index is -0.0618. The molecule has 0 aromatic heterocycles. The molecule has 0 spiro atoms. The second-order valence-corrected chi connectivity index (χ2v) is 2.93. The van der Waals surface area contributed by atoms with Crippen molar-refractivity contribution in [3.05, 3.63) is 42.0 Å². The third-order valence-corrected chi connectivity index (χ3v) is 1.83. The maximum atomic E-state index is 7.67. The van der Waals surface area contributed by atoms with Gasteiger partial charge in [0.1, 0.15) is 11.6 Å². The monoisotopic (exact) mass is 203 g/mol. The number of ether oxygens (including phenoxy) is 1. The van der Waals surface area contributed by atoms with Gasteiger partial charge in [0.05, 0.1) is 12.8 Å². The van der Waals surface area contributed by atoms with Crippen molar-refractivity contribution in [3.63, 3.8) is 0 Å². The molecular weight excluding hydrogens is 190 g/mol. The maximum absolute atomic E-state index is 7.67. The van der Waals surface area contributed by atoms with Gasteiger partial charge in [-0.1, -0.05) is 0 Å². The van der Waals surface area contributed by atoms with Gasteiger partial charge in [0.25, 0.3) is 0 Å². The average Bonchev–Trinajstić information content (AvgIpc) is 2.26. The lowest BCUT2D eigenvalue weighted by Crippen LogP contribution is -2.06. The number of hydrogen-bond acceptors (Lipinski definition) is 3. The number of allylic oxidation sites excluding steroid dienone is 1. The van der Waals surface area contributed by atoms with E-state index in [0.717, 1.165) is 11.3 Å². The summed E-state index contributed by atoms with van der Waals surface area (Å²) in [4.78, 5) is 0. The standard InChI is InChI=1S/C11H13N3O/c1-15-9-4-2-8(3-5-9)10(12)6-7-11(13)14/h2-7,12H,1H3,(H3,13,14)/b7-6-,12-10?. The van der Waals surface area contributed by atoms with Crippen LogP contribution in [-0.4, -0.2) is 18.7 Å². The van der Waals surface area contributed by atoms with Gasteiger partial charge >= 0.3 is 0 Å². The van der Waals surface area contributed by atoms with Gasteiger partial charge in [-0.3, -0.25) is 5.41 Å². The molecule has 78 valence electrons. The summed E-state index contributed by atoms with van der Waals surface area (Å²) in [6, 6.07) is 7.13. The average molecular weight is 203 g/mol. The van der Waals surface area contributed by atoms with Crippen LogP contribution in [0.5, 0.6) is 5.75 Å². The first-order chi connectivity index (χ1) is 7.13. The number of nitrogens with two attached hydrogens (primary N) is 1. The third-order valence-electron chi connectivity index (χ3n) is 1.83. The van der Waals surface area contributed by atoms with E-state index < -0.39 is 0 Å². The Hall–Kier alpha value is -2.10. The summed E-state index contributed by atoms with van der Waals surface area (Å²) in [5, 5.41) is 14.7. The predicted molar refractivity (Wildman–Crippen MR) is 60.9 cm³/mol. The van der Waals surface area contributed by atoms with Crippen LogP contribution in [0, 0.1) is 10.8 Å². The molecule has 1 aromatic rings. The second kappa shape index (κ2) is 4.95. The first kappa shape index (κ1) is 11.0. The number of rotatable bonds is 4. The van der Waals surface area contributed by atoms with Crippen LogP contribution in [0.4, 0.5) is 0 Å². The fraction of sp³-hybridized carbons (Fsp3) is 0.0909. The van der Waals surface area contributed by atoms with Crippen molar-refractivity contribution >= 4 is 11.5 Å². The van der Waals surface area contributed by atoms with Gasteiger partial charge in [0, 0.05) is 0 Å². The lowest BCUT2D eigenvalue weighted by atomic mass is 10.1. The summed E-state index contributed by atoms with van der Waals surface area (Å²) in [5.74, 6) is 0.690. The molecule has 0 saturated heterocycles. The predicted octanol–water partition coefficient (Wildman–Crippen LogP) is 1.56. The molecule has 0 bridgehead atoms. The Bertz CT molecular complexity index is 393. The smallest absolute Gasteiger partial charge is 0.118 e. The Labute approximate surface area is 88.4 Å². The number of benzene rings is 1. The number of methoxy groups -OCH3 is 1. The fourth-order valence-electron chi connectivity index (χ4n) is 1.04. The van der Waals surface area contributed by atoms with Crippen molar-refractivity contribution in [2.75, 3.05) is 7.11 Å². The minimum absolute atomic E-state index is 0.0618. The molecule has 0 aliphatic heterocycles. The topological polar surface area (TPSA) is 83.0 Å². The molecule has 0 unspecified atom stereocenters. The van der Waals surface area contributed by atoms with E-state index in [1.54, 1.807) is 31.4 Å². The van der Waals surface area contributed by atoms with E-state index in [4.69, 9.17) is 21.3 Å². The summed E-state index contributed by atoms with van der Waals surface area (Å²) >= 11 is 0. The maximum Gasteiger partial charge on any atom is 0.118 e. The Balaban J connectivity index is 2.79. The van der Waals surface area contributed by atoms with Gasteiger partial charge in [0.15, 0.2) is 0 Å². The van der Waals surface area contributed by atoms with E-state index in [-0.39, 0.29) is 5.84 Å². The van der Waals surface area contributed by atoms with Crippen LogP contribution in [0.3, 0.4) is 0 Å². The van der Waals surface area contributed by atoms with Crippen LogP contribution in [0.1, 0.15) is 5.56 Å². The summed E-state index contributed by atoms with van der Waals surface area (Å²) < 4.78 is 5.00. The molecule has 4 N–H and O–H groups in total. The normalized spacial score (nSPS) is 10.2. The molecule has 0 amide bonds. The Morgan fingerprint density at radius 2 is 1.80 bits per heavy atom. The minimum Gasteiger partial charge on any atom is -0.497 e. The molecule has 1 aromatic carbocycles. The summed E-state index contributed by atoms with van der Waals surface area (Å²) in [6.07, 6.45) is 2.87. The van der Waals surface area contributed by atoms with Crippen molar-refractivity contribution in [2.24, 2.45) is 5.73 Å². The molecule has 15 heavy (non-hydrogen) atoms. The van der Waals surface area contributed by atoms with E-state index >= 15 is 0 Å². The van der Waals surface area contributed by atoms with E-state index in [1.165, 1.54) is 12.2 Å². The van der Waals surface area contributed by atoms with E-state index in [2.05, 4.69) is 0 Å². The lowest BCUT2D eigenvalue weighted by Gasteiger charge is -2.01.